The molecule has 0 unspecified atom stereocenters. The van der Waals surface area contributed by atoms with Crippen LogP contribution in [0.1, 0.15) is 30.0 Å². The Hall–Kier alpha value is -2.13. The van der Waals surface area contributed by atoms with Crippen LogP contribution in [0.2, 0.25) is 0 Å². The van der Waals surface area contributed by atoms with Crippen LogP contribution >= 0.6 is 0 Å². The molecule has 0 atom stereocenters. The lowest BCUT2D eigenvalue weighted by atomic mass is 10.1. The quantitative estimate of drug-likeness (QED) is 0.833. The summed E-state index contributed by atoms with van der Waals surface area (Å²) in [5, 5.41) is 3.02. The van der Waals surface area contributed by atoms with Crippen LogP contribution < -0.4 is 5.32 Å². The van der Waals surface area contributed by atoms with Gasteiger partial charge < -0.3 is 5.32 Å². The summed E-state index contributed by atoms with van der Waals surface area (Å²) in [7, 11) is 0. The molecule has 0 bridgehead atoms. The third-order valence-electron chi connectivity index (χ3n) is 4.01. The van der Waals surface area contributed by atoms with E-state index in [1.54, 1.807) is 0 Å². The first kappa shape index (κ1) is 17.2. The van der Waals surface area contributed by atoms with Crippen molar-refractivity contribution in [1.29, 1.82) is 0 Å². The highest BCUT2D eigenvalue weighted by Gasteiger charge is 2.09. The van der Waals surface area contributed by atoms with Gasteiger partial charge in [0.25, 0.3) is 0 Å². The van der Waals surface area contributed by atoms with Crippen molar-refractivity contribution in [2.45, 2.75) is 33.7 Å². The Morgan fingerprint density at radius 1 is 1.09 bits per heavy atom. The van der Waals surface area contributed by atoms with Gasteiger partial charge in [-0.25, -0.2) is 0 Å². The van der Waals surface area contributed by atoms with E-state index in [1.807, 2.05) is 25.1 Å². The SMILES string of the molecule is CCN(CCC(=O)Nc1ccc(C)cc1C)Cc1ccccc1. The lowest BCUT2D eigenvalue weighted by Crippen LogP contribution is -2.27. The number of anilines is 1. The van der Waals surface area contributed by atoms with Crippen LogP contribution in [-0.2, 0) is 11.3 Å². The highest BCUT2D eigenvalue weighted by Crippen LogP contribution is 2.16. The summed E-state index contributed by atoms with van der Waals surface area (Å²) in [6, 6.07) is 16.5. The number of hydrogen-bond donors (Lipinski definition) is 1. The molecule has 0 aromatic heterocycles. The molecule has 1 amide bonds. The van der Waals surface area contributed by atoms with Crippen LogP contribution in [-0.4, -0.2) is 23.9 Å². The van der Waals surface area contributed by atoms with Crippen LogP contribution in [0.25, 0.3) is 0 Å². The zero-order valence-corrected chi connectivity index (χ0v) is 14.3. The second-order valence-electron chi connectivity index (χ2n) is 5.97. The monoisotopic (exact) mass is 310 g/mol. The molecule has 2 aromatic carbocycles. The fraction of sp³-hybridized carbons (Fsp3) is 0.350. The molecule has 3 heteroatoms. The topological polar surface area (TPSA) is 32.3 Å². The summed E-state index contributed by atoms with van der Waals surface area (Å²) >= 11 is 0. The van der Waals surface area contributed by atoms with Gasteiger partial charge in [-0.05, 0) is 37.6 Å². The van der Waals surface area contributed by atoms with Gasteiger partial charge in [0.05, 0.1) is 0 Å². The van der Waals surface area contributed by atoms with E-state index in [1.165, 1.54) is 11.1 Å². The van der Waals surface area contributed by atoms with Crippen LogP contribution in [0.4, 0.5) is 5.69 Å². The Morgan fingerprint density at radius 3 is 2.48 bits per heavy atom. The number of benzene rings is 2. The summed E-state index contributed by atoms with van der Waals surface area (Å²) in [5.74, 6) is 0.0727. The number of rotatable bonds is 7. The maximum atomic E-state index is 12.2. The highest BCUT2D eigenvalue weighted by molar-refractivity contribution is 5.91. The number of aryl methyl sites for hydroxylation is 2. The van der Waals surface area contributed by atoms with Crippen molar-refractivity contribution in [3.05, 3.63) is 65.2 Å². The van der Waals surface area contributed by atoms with Crippen molar-refractivity contribution >= 4 is 11.6 Å². The Kier molecular flexibility index (Phi) is 6.36. The number of nitrogens with zero attached hydrogens (tertiary/aromatic N) is 1. The van der Waals surface area contributed by atoms with E-state index in [4.69, 9.17) is 0 Å². The van der Waals surface area contributed by atoms with E-state index in [0.717, 1.165) is 30.9 Å². The average molecular weight is 310 g/mol. The first-order valence-electron chi connectivity index (χ1n) is 8.22. The van der Waals surface area contributed by atoms with Crippen molar-refractivity contribution in [1.82, 2.24) is 4.90 Å². The van der Waals surface area contributed by atoms with E-state index in [-0.39, 0.29) is 5.91 Å². The number of nitrogens with one attached hydrogen (secondary N) is 1. The zero-order chi connectivity index (χ0) is 16.7. The van der Waals surface area contributed by atoms with Gasteiger partial charge in [0.1, 0.15) is 0 Å². The summed E-state index contributed by atoms with van der Waals surface area (Å²) in [5.41, 5.74) is 4.51. The van der Waals surface area contributed by atoms with Crippen molar-refractivity contribution in [2.75, 3.05) is 18.4 Å². The molecule has 2 rings (SSSR count). The van der Waals surface area contributed by atoms with Crippen LogP contribution in [0.3, 0.4) is 0 Å². The molecule has 0 aliphatic heterocycles. The normalized spacial score (nSPS) is 10.8. The van der Waals surface area contributed by atoms with Gasteiger partial charge in [-0.1, -0.05) is 55.0 Å². The fourth-order valence-corrected chi connectivity index (χ4v) is 2.62. The Balaban J connectivity index is 1.84. The fourth-order valence-electron chi connectivity index (χ4n) is 2.62. The minimum atomic E-state index is 0.0727. The molecular weight excluding hydrogens is 284 g/mol. The molecule has 0 aliphatic rings. The predicted octanol–water partition coefficient (Wildman–Crippen LogP) is 4.15. The molecule has 0 saturated heterocycles. The maximum Gasteiger partial charge on any atom is 0.225 e. The molecule has 0 spiro atoms. The molecule has 0 saturated carbocycles. The van der Waals surface area contributed by atoms with Crippen LogP contribution in [0.15, 0.2) is 48.5 Å². The minimum Gasteiger partial charge on any atom is -0.326 e. The van der Waals surface area contributed by atoms with Gasteiger partial charge in [-0.3, -0.25) is 9.69 Å². The average Bonchev–Trinajstić information content (AvgIpc) is 2.55. The van der Waals surface area contributed by atoms with Crippen LogP contribution in [0, 0.1) is 13.8 Å². The van der Waals surface area contributed by atoms with Gasteiger partial charge in [-0.15, -0.1) is 0 Å². The van der Waals surface area contributed by atoms with Crippen molar-refractivity contribution in [2.24, 2.45) is 0 Å². The summed E-state index contributed by atoms with van der Waals surface area (Å²) in [6.07, 6.45) is 0.508. The molecule has 122 valence electrons. The molecule has 0 heterocycles. The van der Waals surface area contributed by atoms with E-state index in [2.05, 4.69) is 54.4 Å². The molecule has 1 N–H and O–H groups in total. The third-order valence-corrected chi connectivity index (χ3v) is 4.01. The molecule has 23 heavy (non-hydrogen) atoms. The summed E-state index contributed by atoms with van der Waals surface area (Å²) in [4.78, 5) is 14.5. The summed E-state index contributed by atoms with van der Waals surface area (Å²) < 4.78 is 0. The Labute approximate surface area is 139 Å². The lowest BCUT2D eigenvalue weighted by molar-refractivity contribution is -0.116. The lowest BCUT2D eigenvalue weighted by Gasteiger charge is -2.20. The van der Waals surface area contributed by atoms with Crippen LogP contribution in [0.5, 0.6) is 0 Å². The van der Waals surface area contributed by atoms with Crippen molar-refractivity contribution in [3.63, 3.8) is 0 Å². The molecule has 0 radical (unpaired) electrons. The Morgan fingerprint density at radius 2 is 1.83 bits per heavy atom. The van der Waals surface area contributed by atoms with Gasteiger partial charge in [-0.2, -0.15) is 0 Å². The third kappa shape index (κ3) is 5.53. The second kappa shape index (κ2) is 8.49. The van der Waals surface area contributed by atoms with E-state index < -0.39 is 0 Å². The van der Waals surface area contributed by atoms with Gasteiger partial charge in [0.15, 0.2) is 0 Å². The minimum absolute atomic E-state index is 0.0727. The smallest absolute Gasteiger partial charge is 0.225 e. The van der Waals surface area contributed by atoms with Crippen molar-refractivity contribution < 1.29 is 4.79 Å². The first-order valence-corrected chi connectivity index (χ1v) is 8.22. The number of amides is 1. The Bertz CT molecular complexity index is 637. The van der Waals surface area contributed by atoms with Gasteiger partial charge >= 0.3 is 0 Å². The van der Waals surface area contributed by atoms with Gasteiger partial charge in [0, 0.05) is 25.2 Å². The number of carbonyl (C=O) groups excluding carboxylic acids is 1. The predicted molar refractivity (Wildman–Crippen MR) is 96.6 cm³/mol. The van der Waals surface area contributed by atoms with Gasteiger partial charge in [0.2, 0.25) is 5.91 Å². The molecule has 0 aliphatic carbocycles. The molecule has 2 aromatic rings. The second-order valence-corrected chi connectivity index (χ2v) is 5.97. The maximum absolute atomic E-state index is 12.2. The van der Waals surface area contributed by atoms with E-state index >= 15 is 0 Å². The van der Waals surface area contributed by atoms with Crippen molar-refractivity contribution in [3.8, 4) is 0 Å². The number of hydrogen-bond acceptors (Lipinski definition) is 2. The van der Waals surface area contributed by atoms with E-state index in [9.17, 15) is 4.79 Å². The molecule has 0 fully saturated rings. The standard InChI is InChI=1S/C20H26N2O/c1-4-22(15-18-8-6-5-7-9-18)13-12-20(23)21-19-11-10-16(2)14-17(19)3/h5-11,14H,4,12-13,15H2,1-3H3,(H,21,23). The highest BCUT2D eigenvalue weighted by atomic mass is 16.1. The largest absolute Gasteiger partial charge is 0.326 e. The molecule has 3 nitrogen and oxygen atoms in total. The first-order chi connectivity index (χ1) is 11.1. The number of carbonyl (C=O) groups is 1. The molecular formula is C20H26N2O. The summed E-state index contributed by atoms with van der Waals surface area (Å²) in [6.45, 7) is 8.80. The zero-order valence-electron chi connectivity index (χ0n) is 14.3. The van der Waals surface area contributed by atoms with E-state index in [0.29, 0.717) is 6.42 Å².